The second-order valence-corrected chi connectivity index (χ2v) is 7.81. The Bertz CT molecular complexity index is 1420. The number of ether oxygens (including phenoxy) is 1. The van der Waals surface area contributed by atoms with E-state index in [4.69, 9.17) is 10.5 Å². The van der Waals surface area contributed by atoms with Gasteiger partial charge in [-0.3, -0.25) is 14.4 Å². The molecule has 2 amide bonds. The van der Waals surface area contributed by atoms with Crippen molar-refractivity contribution in [1.82, 2.24) is 20.1 Å². The lowest BCUT2D eigenvalue weighted by Crippen LogP contribution is -2.47. The molecule has 36 heavy (non-hydrogen) atoms. The van der Waals surface area contributed by atoms with Crippen molar-refractivity contribution in [3.8, 4) is 22.8 Å². The van der Waals surface area contributed by atoms with Gasteiger partial charge in [0.05, 0.1) is 18.4 Å². The van der Waals surface area contributed by atoms with E-state index in [2.05, 4.69) is 15.4 Å². The number of ketones is 1. The number of benzene rings is 2. The number of hydrogen-bond acceptors (Lipinski definition) is 6. The van der Waals surface area contributed by atoms with Crippen LogP contribution in [0.2, 0.25) is 0 Å². The summed E-state index contributed by atoms with van der Waals surface area (Å²) in [4.78, 5) is 41.6. The van der Waals surface area contributed by atoms with Crippen LogP contribution in [0.5, 0.6) is 5.75 Å². The largest absolute Gasteiger partial charge is 0.497 e. The van der Waals surface area contributed by atoms with Crippen LogP contribution in [0.25, 0.3) is 17.1 Å². The average molecular weight is 487 g/mol. The van der Waals surface area contributed by atoms with Crippen molar-refractivity contribution in [2.24, 2.45) is 5.73 Å². The molecule has 9 nitrogen and oxygen atoms in total. The van der Waals surface area contributed by atoms with Crippen LogP contribution < -0.4 is 15.8 Å². The fourth-order valence-corrected chi connectivity index (χ4v) is 3.63. The summed E-state index contributed by atoms with van der Waals surface area (Å²) >= 11 is 0. The highest BCUT2D eigenvalue weighted by Gasteiger charge is 2.27. The van der Waals surface area contributed by atoms with Crippen molar-refractivity contribution in [3.63, 3.8) is 0 Å². The van der Waals surface area contributed by atoms with E-state index in [-0.39, 0.29) is 17.8 Å². The number of Topliss-reactive ketones (excluding diaryl/α,β-unsaturated/α-hetero) is 1. The SMILES string of the molecule is COc1ccc(CC(NC(=O)c2cccnc2-n2ccc(-c3ccccc3F)n2)C(=O)C(N)=O)cc1. The maximum Gasteiger partial charge on any atom is 0.287 e. The van der Waals surface area contributed by atoms with Crippen LogP contribution >= 0.6 is 0 Å². The number of nitrogens with zero attached hydrogens (tertiary/aromatic N) is 3. The molecule has 3 N–H and O–H groups in total. The Morgan fingerprint density at radius 2 is 1.81 bits per heavy atom. The number of nitrogens with one attached hydrogen (secondary N) is 1. The zero-order valence-electron chi connectivity index (χ0n) is 19.2. The molecular weight excluding hydrogens is 465 g/mol. The molecule has 0 fully saturated rings. The van der Waals surface area contributed by atoms with Crippen LogP contribution in [0.3, 0.4) is 0 Å². The van der Waals surface area contributed by atoms with Gasteiger partial charge in [-0.2, -0.15) is 5.10 Å². The zero-order valence-corrected chi connectivity index (χ0v) is 19.2. The third-order valence-electron chi connectivity index (χ3n) is 5.45. The number of carbonyl (C=O) groups is 3. The molecule has 0 bridgehead atoms. The molecule has 2 heterocycles. The molecule has 0 aliphatic carbocycles. The second kappa shape index (κ2) is 10.6. The Kier molecular flexibility index (Phi) is 7.15. The molecule has 0 saturated carbocycles. The van der Waals surface area contributed by atoms with Crippen molar-refractivity contribution in [3.05, 3.63) is 96.1 Å². The topological polar surface area (TPSA) is 129 Å². The van der Waals surface area contributed by atoms with Gasteiger partial charge in [-0.25, -0.2) is 14.1 Å². The standard InChI is InChI=1S/C26H22FN5O4/c1-36-17-10-8-16(9-11-17)15-22(23(33)24(28)34)30-26(35)19-6-4-13-29-25(19)32-14-12-21(31-32)18-5-2-3-7-20(18)27/h2-14,22H,15H2,1H3,(H2,28,34)(H,30,35). The van der Waals surface area contributed by atoms with Gasteiger partial charge in [-0.1, -0.05) is 24.3 Å². The summed E-state index contributed by atoms with van der Waals surface area (Å²) < 4.78 is 20.7. The zero-order chi connectivity index (χ0) is 25.7. The minimum Gasteiger partial charge on any atom is -0.497 e. The third kappa shape index (κ3) is 5.27. The molecule has 0 aliphatic heterocycles. The van der Waals surface area contributed by atoms with Crippen molar-refractivity contribution in [1.29, 1.82) is 0 Å². The number of primary amides is 1. The summed E-state index contributed by atoms with van der Waals surface area (Å²) in [5.74, 6) is -2.42. The first-order chi connectivity index (χ1) is 17.4. The van der Waals surface area contributed by atoms with Crippen molar-refractivity contribution in [2.45, 2.75) is 12.5 Å². The molecule has 0 aliphatic rings. The smallest absolute Gasteiger partial charge is 0.287 e. The molecule has 10 heteroatoms. The van der Waals surface area contributed by atoms with E-state index in [1.54, 1.807) is 60.8 Å². The summed E-state index contributed by atoms with van der Waals surface area (Å²) in [5, 5.41) is 6.95. The molecular formula is C26H22FN5O4. The van der Waals surface area contributed by atoms with Gasteiger partial charge in [-0.15, -0.1) is 0 Å². The van der Waals surface area contributed by atoms with Gasteiger partial charge in [0.25, 0.3) is 11.8 Å². The molecule has 2 aromatic heterocycles. The fourth-order valence-electron chi connectivity index (χ4n) is 3.63. The number of carbonyl (C=O) groups excluding carboxylic acids is 3. The van der Waals surface area contributed by atoms with Gasteiger partial charge < -0.3 is 15.8 Å². The normalized spacial score (nSPS) is 11.5. The third-order valence-corrected chi connectivity index (χ3v) is 5.45. The predicted molar refractivity (Wildman–Crippen MR) is 129 cm³/mol. The van der Waals surface area contributed by atoms with E-state index < -0.39 is 29.5 Å². The van der Waals surface area contributed by atoms with Crippen LogP contribution in [0, 0.1) is 5.82 Å². The summed E-state index contributed by atoms with van der Waals surface area (Å²) in [6, 6.07) is 16.5. The van der Waals surface area contributed by atoms with E-state index in [1.165, 1.54) is 30.1 Å². The predicted octanol–water partition coefficient (Wildman–Crippen LogP) is 2.48. The number of nitrogens with two attached hydrogens (primary N) is 1. The Balaban J connectivity index is 1.61. The van der Waals surface area contributed by atoms with Crippen LogP contribution in [0.4, 0.5) is 4.39 Å². The van der Waals surface area contributed by atoms with Crippen LogP contribution in [0.1, 0.15) is 15.9 Å². The van der Waals surface area contributed by atoms with E-state index in [1.807, 2.05) is 0 Å². The summed E-state index contributed by atoms with van der Waals surface area (Å²) in [7, 11) is 1.53. The Labute approximate surface area is 205 Å². The van der Waals surface area contributed by atoms with Crippen LogP contribution in [-0.4, -0.2) is 45.5 Å². The molecule has 4 aromatic rings. The van der Waals surface area contributed by atoms with Gasteiger partial charge in [0.2, 0.25) is 5.78 Å². The number of aromatic nitrogens is 3. The minimum absolute atomic E-state index is 0.0340. The van der Waals surface area contributed by atoms with E-state index >= 15 is 0 Å². The second-order valence-electron chi connectivity index (χ2n) is 7.81. The summed E-state index contributed by atoms with van der Waals surface area (Å²) in [5.41, 5.74) is 6.65. The number of pyridine rings is 1. The summed E-state index contributed by atoms with van der Waals surface area (Å²) in [6.45, 7) is 0. The van der Waals surface area contributed by atoms with Gasteiger partial charge >= 0.3 is 0 Å². The van der Waals surface area contributed by atoms with E-state index in [0.717, 1.165) is 0 Å². The maximum absolute atomic E-state index is 14.2. The fraction of sp³-hybridized carbons (Fsp3) is 0.115. The van der Waals surface area contributed by atoms with Gasteiger partial charge in [0.15, 0.2) is 5.82 Å². The van der Waals surface area contributed by atoms with Crippen molar-refractivity contribution in [2.75, 3.05) is 7.11 Å². The first-order valence-corrected chi connectivity index (χ1v) is 10.9. The maximum atomic E-state index is 14.2. The summed E-state index contributed by atoms with van der Waals surface area (Å²) in [6.07, 6.45) is 3.05. The minimum atomic E-state index is -1.21. The highest BCUT2D eigenvalue weighted by Crippen LogP contribution is 2.22. The lowest BCUT2D eigenvalue weighted by molar-refractivity contribution is -0.137. The highest BCUT2D eigenvalue weighted by atomic mass is 19.1. The van der Waals surface area contributed by atoms with E-state index in [9.17, 15) is 18.8 Å². The first-order valence-electron chi connectivity index (χ1n) is 10.9. The average Bonchev–Trinajstić information content (AvgIpc) is 3.38. The van der Waals surface area contributed by atoms with Crippen molar-refractivity contribution >= 4 is 17.6 Å². The number of amides is 2. The lowest BCUT2D eigenvalue weighted by atomic mass is 10.0. The lowest BCUT2D eigenvalue weighted by Gasteiger charge is -2.17. The Morgan fingerprint density at radius 1 is 1.06 bits per heavy atom. The van der Waals surface area contributed by atoms with Gasteiger partial charge in [0, 0.05) is 24.4 Å². The molecule has 1 atom stereocenters. The number of methoxy groups -OCH3 is 1. The van der Waals surface area contributed by atoms with E-state index in [0.29, 0.717) is 22.6 Å². The Morgan fingerprint density at radius 3 is 2.50 bits per heavy atom. The first kappa shape index (κ1) is 24.3. The van der Waals surface area contributed by atoms with Gasteiger partial charge in [-0.05, 0) is 48.0 Å². The number of halogens is 1. The monoisotopic (exact) mass is 487 g/mol. The molecule has 2 aromatic carbocycles. The molecule has 0 saturated heterocycles. The molecule has 182 valence electrons. The van der Waals surface area contributed by atoms with Crippen LogP contribution in [0.15, 0.2) is 79.1 Å². The molecule has 1 unspecified atom stereocenters. The number of hydrogen-bond donors (Lipinski definition) is 2. The quantitative estimate of drug-likeness (QED) is 0.349. The van der Waals surface area contributed by atoms with Gasteiger partial charge in [0.1, 0.15) is 17.6 Å². The van der Waals surface area contributed by atoms with Crippen LogP contribution in [-0.2, 0) is 16.0 Å². The Hall–Kier alpha value is -4.86. The molecule has 0 spiro atoms. The molecule has 0 radical (unpaired) electrons. The number of rotatable bonds is 9. The molecule has 4 rings (SSSR count). The van der Waals surface area contributed by atoms with Crippen molar-refractivity contribution < 1.29 is 23.5 Å². The highest BCUT2D eigenvalue weighted by molar-refractivity contribution is 6.38.